The average molecular weight is 333 g/mol. The maximum atomic E-state index is 9.62. The van der Waals surface area contributed by atoms with Crippen molar-refractivity contribution >= 4 is 17.0 Å². The van der Waals surface area contributed by atoms with Gasteiger partial charge in [0, 0.05) is 5.56 Å². The van der Waals surface area contributed by atoms with Gasteiger partial charge in [-0.1, -0.05) is 18.2 Å². The quantitative estimate of drug-likeness (QED) is 0.661. The molecule has 0 bridgehead atoms. The Bertz CT molecular complexity index is 1060. The van der Waals surface area contributed by atoms with Gasteiger partial charge in [-0.3, -0.25) is 0 Å². The normalized spacial score (nSPS) is 16.2. The lowest BCUT2D eigenvalue weighted by molar-refractivity contribution is 0.396. The number of nitrogens with two attached hydrogens (primary N) is 2. The van der Waals surface area contributed by atoms with Crippen LogP contribution in [-0.4, -0.2) is 17.1 Å². The Morgan fingerprint density at radius 1 is 1.28 bits per heavy atom. The maximum Gasteiger partial charge on any atom is 0.205 e. The highest BCUT2D eigenvalue weighted by Crippen LogP contribution is 2.45. The topological polar surface area (TPSA) is 123 Å². The van der Waals surface area contributed by atoms with E-state index in [0.29, 0.717) is 28.5 Å². The summed E-state index contributed by atoms with van der Waals surface area (Å²) in [5.74, 6) is 1.20. The molecule has 7 nitrogen and oxygen atoms in total. The smallest absolute Gasteiger partial charge is 0.205 e. The largest absolute Gasteiger partial charge is 0.497 e. The zero-order chi connectivity index (χ0) is 17.6. The molecule has 1 unspecified atom stereocenters. The monoisotopic (exact) mass is 333 g/mol. The minimum Gasteiger partial charge on any atom is -0.497 e. The number of rotatable bonds is 2. The third-order valence-corrected chi connectivity index (χ3v) is 4.28. The molecule has 25 heavy (non-hydrogen) atoms. The second kappa shape index (κ2) is 5.46. The Hall–Kier alpha value is -3.66. The van der Waals surface area contributed by atoms with Crippen molar-refractivity contribution in [1.82, 2.24) is 9.97 Å². The van der Waals surface area contributed by atoms with Crippen molar-refractivity contribution in [3.63, 3.8) is 0 Å². The number of hydrogen-bond donors (Lipinski definition) is 3. The first-order chi connectivity index (χ1) is 12.1. The van der Waals surface area contributed by atoms with Crippen molar-refractivity contribution in [2.24, 2.45) is 5.73 Å². The average Bonchev–Trinajstić information content (AvgIpc) is 3.01. The lowest BCUT2D eigenvalue weighted by Gasteiger charge is -2.26. The van der Waals surface area contributed by atoms with Gasteiger partial charge in [0.05, 0.1) is 18.5 Å². The van der Waals surface area contributed by atoms with E-state index >= 15 is 0 Å². The van der Waals surface area contributed by atoms with Gasteiger partial charge in [0.1, 0.15) is 22.9 Å². The van der Waals surface area contributed by atoms with E-state index in [-0.39, 0.29) is 11.8 Å². The van der Waals surface area contributed by atoms with Gasteiger partial charge in [-0.05, 0) is 23.8 Å². The van der Waals surface area contributed by atoms with Crippen LogP contribution in [0.15, 0.2) is 47.9 Å². The van der Waals surface area contributed by atoms with Crippen LogP contribution in [0.1, 0.15) is 17.0 Å². The standard InChI is InChI=1S/C18H15N5O2/c1-24-10-4-2-3-9(7-10)14-11-5-6-13-15(23-18(21)22-13)16(11)25-17(20)12(14)8-19/h2-7,14H,20H2,1H3,(H3,21,22,23). The second-order valence-corrected chi connectivity index (χ2v) is 5.70. The number of anilines is 1. The molecule has 1 atom stereocenters. The van der Waals surface area contributed by atoms with Gasteiger partial charge >= 0.3 is 0 Å². The number of nitrogen functional groups attached to an aromatic ring is 1. The van der Waals surface area contributed by atoms with Gasteiger partial charge in [0.25, 0.3) is 0 Å². The first-order valence-corrected chi connectivity index (χ1v) is 7.62. The van der Waals surface area contributed by atoms with Gasteiger partial charge in [0.2, 0.25) is 5.88 Å². The zero-order valence-electron chi connectivity index (χ0n) is 13.4. The molecule has 0 spiro atoms. The lowest BCUT2D eigenvalue weighted by Crippen LogP contribution is -2.21. The number of aromatic amines is 1. The molecule has 7 heteroatoms. The molecule has 124 valence electrons. The molecule has 2 heterocycles. The lowest BCUT2D eigenvalue weighted by atomic mass is 9.83. The molecule has 0 saturated heterocycles. The van der Waals surface area contributed by atoms with E-state index in [0.717, 1.165) is 16.6 Å². The molecular formula is C18H15N5O2. The summed E-state index contributed by atoms with van der Waals surface area (Å²) in [4.78, 5) is 7.25. The maximum absolute atomic E-state index is 9.62. The summed E-state index contributed by atoms with van der Waals surface area (Å²) in [6.45, 7) is 0. The number of methoxy groups -OCH3 is 1. The molecule has 0 fully saturated rings. The fourth-order valence-corrected chi connectivity index (χ4v) is 3.17. The number of nitrogens with one attached hydrogen (secondary N) is 1. The summed E-state index contributed by atoms with van der Waals surface area (Å²) in [6, 6.07) is 13.5. The van der Waals surface area contributed by atoms with Gasteiger partial charge in [-0.2, -0.15) is 5.26 Å². The number of H-pyrrole nitrogens is 1. The zero-order valence-corrected chi connectivity index (χ0v) is 13.4. The van der Waals surface area contributed by atoms with Crippen LogP contribution < -0.4 is 20.9 Å². The van der Waals surface area contributed by atoms with Crippen LogP contribution in [0.5, 0.6) is 11.5 Å². The Morgan fingerprint density at radius 2 is 2.12 bits per heavy atom. The molecule has 0 aliphatic carbocycles. The van der Waals surface area contributed by atoms with Gasteiger partial charge in [-0.25, -0.2) is 4.98 Å². The molecule has 0 amide bonds. The number of imidazole rings is 1. The predicted octanol–water partition coefficient (Wildman–Crippen LogP) is 2.37. The van der Waals surface area contributed by atoms with E-state index in [1.807, 2.05) is 36.4 Å². The third kappa shape index (κ3) is 2.23. The highest BCUT2D eigenvalue weighted by molar-refractivity contribution is 5.86. The number of nitriles is 1. The van der Waals surface area contributed by atoms with Crippen LogP contribution in [-0.2, 0) is 0 Å². The van der Waals surface area contributed by atoms with Crippen molar-refractivity contribution < 1.29 is 9.47 Å². The molecule has 0 radical (unpaired) electrons. The first kappa shape index (κ1) is 14.9. The fraction of sp³-hybridized carbons (Fsp3) is 0.111. The van der Waals surface area contributed by atoms with Crippen molar-refractivity contribution in [2.45, 2.75) is 5.92 Å². The van der Waals surface area contributed by atoms with E-state index in [4.69, 9.17) is 20.9 Å². The first-order valence-electron chi connectivity index (χ1n) is 7.62. The Balaban J connectivity index is 1.99. The number of fused-ring (bicyclic) bond motifs is 3. The summed E-state index contributed by atoms with van der Waals surface area (Å²) in [6.07, 6.45) is 0. The van der Waals surface area contributed by atoms with E-state index in [2.05, 4.69) is 16.0 Å². The van der Waals surface area contributed by atoms with Gasteiger partial charge in [0.15, 0.2) is 11.7 Å². The van der Waals surface area contributed by atoms with Crippen LogP contribution in [0.25, 0.3) is 11.0 Å². The van der Waals surface area contributed by atoms with E-state index in [1.54, 1.807) is 7.11 Å². The summed E-state index contributed by atoms with van der Waals surface area (Å²) in [5, 5.41) is 9.62. The van der Waals surface area contributed by atoms with Crippen LogP contribution in [0.3, 0.4) is 0 Å². The number of hydrogen-bond acceptors (Lipinski definition) is 6. The van der Waals surface area contributed by atoms with Gasteiger partial charge < -0.3 is 25.9 Å². The molecule has 0 saturated carbocycles. The molecule has 1 aromatic heterocycles. The number of nitrogens with zero attached hydrogens (tertiary/aromatic N) is 2. The van der Waals surface area contributed by atoms with Gasteiger partial charge in [-0.15, -0.1) is 0 Å². The number of ether oxygens (including phenoxy) is 2. The van der Waals surface area contributed by atoms with Crippen molar-refractivity contribution in [3.8, 4) is 17.6 Å². The molecule has 2 aromatic carbocycles. The second-order valence-electron chi connectivity index (χ2n) is 5.70. The van der Waals surface area contributed by atoms with E-state index in [9.17, 15) is 5.26 Å². The fourth-order valence-electron chi connectivity index (χ4n) is 3.17. The predicted molar refractivity (Wildman–Crippen MR) is 92.8 cm³/mol. The van der Waals surface area contributed by atoms with E-state index in [1.165, 1.54) is 0 Å². The number of allylic oxidation sites excluding steroid dienone is 1. The van der Waals surface area contributed by atoms with Crippen molar-refractivity contribution in [1.29, 1.82) is 5.26 Å². The van der Waals surface area contributed by atoms with Crippen LogP contribution in [0.2, 0.25) is 0 Å². The summed E-state index contributed by atoms with van der Waals surface area (Å²) in [7, 11) is 1.60. The molecule has 1 aliphatic heterocycles. The Morgan fingerprint density at radius 3 is 2.88 bits per heavy atom. The van der Waals surface area contributed by atoms with E-state index < -0.39 is 0 Å². The number of aromatic nitrogens is 2. The highest BCUT2D eigenvalue weighted by Gasteiger charge is 2.32. The summed E-state index contributed by atoms with van der Waals surface area (Å²) >= 11 is 0. The minimum atomic E-state index is -0.369. The molecular weight excluding hydrogens is 318 g/mol. The summed E-state index contributed by atoms with van der Waals surface area (Å²) in [5.41, 5.74) is 15.2. The van der Waals surface area contributed by atoms with Crippen LogP contribution >= 0.6 is 0 Å². The summed E-state index contributed by atoms with van der Waals surface area (Å²) < 4.78 is 11.0. The molecule has 5 N–H and O–H groups in total. The van der Waals surface area contributed by atoms with Crippen LogP contribution in [0, 0.1) is 11.3 Å². The van der Waals surface area contributed by atoms with Crippen LogP contribution in [0.4, 0.5) is 5.95 Å². The Kier molecular flexibility index (Phi) is 3.25. The SMILES string of the molecule is COc1cccc(C2C(C#N)=C(N)Oc3c2ccc2[nH]c(N)nc32)c1. The minimum absolute atomic E-state index is 0.0666. The van der Waals surface area contributed by atoms with Crippen molar-refractivity contribution in [3.05, 3.63) is 59.0 Å². The Labute approximate surface area is 143 Å². The molecule has 1 aliphatic rings. The highest BCUT2D eigenvalue weighted by atomic mass is 16.5. The molecule has 4 rings (SSSR count). The third-order valence-electron chi connectivity index (χ3n) is 4.28. The molecule has 3 aromatic rings. The number of benzene rings is 2. The van der Waals surface area contributed by atoms with Crippen molar-refractivity contribution in [2.75, 3.05) is 12.8 Å².